The molecule has 2 bridgehead atoms. The lowest BCUT2D eigenvalue weighted by molar-refractivity contribution is -0.930. The molecule has 0 saturated carbocycles. The van der Waals surface area contributed by atoms with Gasteiger partial charge in [0, 0.05) is 31.7 Å². The summed E-state index contributed by atoms with van der Waals surface area (Å²) in [5.74, 6) is 0. The van der Waals surface area contributed by atoms with Gasteiger partial charge >= 0.3 is 17.9 Å². The minimum absolute atomic E-state index is 0.00989. The van der Waals surface area contributed by atoms with E-state index in [0.29, 0.717) is 29.0 Å². The van der Waals surface area contributed by atoms with Crippen LogP contribution in [0.3, 0.4) is 0 Å². The van der Waals surface area contributed by atoms with Crippen molar-refractivity contribution >= 4 is 16.1 Å². The molecule has 16 heteroatoms. The first-order valence-corrected chi connectivity index (χ1v) is 18.1. The first-order valence-electron chi connectivity index (χ1n) is 16.7. The van der Waals surface area contributed by atoms with Gasteiger partial charge in [-0.15, -0.1) is 0 Å². The van der Waals surface area contributed by atoms with Gasteiger partial charge in [0.2, 0.25) is 0 Å². The van der Waals surface area contributed by atoms with Crippen molar-refractivity contribution in [3.63, 3.8) is 0 Å². The van der Waals surface area contributed by atoms with E-state index in [0.717, 1.165) is 51.4 Å². The molecule has 0 radical (unpaired) electrons. The van der Waals surface area contributed by atoms with Crippen molar-refractivity contribution in [2.45, 2.75) is 61.8 Å². The van der Waals surface area contributed by atoms with Crippen molar-refractivity contribution in [2.75, 3.05) is 14.1 Å². The Morgan fingerprint density at radius 1 is 0.962 bits per heavy atom. The summed E-state index contributed by atoms with van der Waals surface area (Å²) >= 11 is 0. The third kappa shape index (κ3) is 7.41. The number of fused-ring (bicyclic) bond motifs is 2. The number of hydrogen-bond acceptors (Lipinski definition) is 7. The number of carbonyl (C=O) groups excluding carboxylic acids is 1. The fourth-order valence-electron chi connectivity index (χ4n) is 7.41. The molecule has 276 valence electrons. The fourth-order valence-corrected chi connectivity index (χ4v) is 7.90. The summed E-state index contributed by atoms with van der Waals surface area (Å²) in [7, 11) is 0.175. The monoisotopic (exact) mass is 747 g/mol. The Bertz CT molecular complexity index is 2340. The van der Waals surface area contributed by atoms with Crippen molar-refractivity contribution in [1.29, 1.82) is 5.26 Å². The predicted octanol–water partition coefficient (Wildman–Crippen LogP) is 5.61. The zero-order chi connectivity index (χ0) is 38.3. The smallest absolute Gasteiger partial charge is 0.416 e. The number of carbonyl (C=O) groups is 1. The van der Waals surface area contributed by atoms with Crippen LogP contribution in [0, 0.1) is 18.3 Å². The number of quaternary nitrogens is 1. The molecular weight excluding hydrogens is 712 g/mol. The van der Waals surface area contributed by atoms with Gasteiger partial charge in [0.1, 0.15) is 15.8 Å². The highest BCUT2D eigenvalue weighted by Gasteiger charge is 2.49. The third-order valence-corrected chi connectivity index (χ3v) is 11.1. The topological polar surface area (TPSA) is 155 Å². The average Bonchev–Trinajstić information content (AvgIpc) is 3.71. The lowest BCUT2D eigenvalue weighted by Crippen LogP contribution is -2.59. The van der Waals surface area contributed by atoms with E-state index in [-0.39, 0.29) is 28.0 Å². The van der Waals surface area contributed by atoms with E-state index in [1.807, 2.05) is 0 Å². The van der Waals surface area contributed by atoms with Crippen molar-refractivity contribution in [1.82, 2.24) is 24.2 Å². The molecule has 1 amide bonds. The largest absolute Gasteiger partial charge is 0.744 e. The molecule has 0 spiro atoms. The molecule has 2 aromatic heterocycles. The van der Waals surface area contributed by atoms with Crippen LogP contribution in [0.5, 0.6) is 0 Å². The maximum Gasteiger partial charge on any atom is 0.416 e. The predicted molar refractivity (Wildman–Crippen MR) is 187 cm³/mol. The van der Waals surface area contributed by atoms with E-state index in [2.05, 4.69) is 30.6 Å². The Kier molecular flexibility index (Phi) is 9.94. The molecule has 5 aromatic rings. The van der Waals surface area contributed by atoms with Crippen molar-refractivity contribution < 1.29 is 35.4 Å². The summed E-state index contributed by atoms with van der Waals surface area (Å²) in [5, 5.41) is 16.7. The number of nitrogens with one attached hydrogen (secondary N) is 1. The van der Waals surface area contributed by atoms with Gasteiger partial charge in [0.05, 0.1) is 77.2 Å². The molecule has 2 aliphatic heterocycles. The standard InChI is InChI=1S/C31H30F3N7O2.C6H6O3S/c1-19-28(27-13-14-36-40(27)23-9-7-20(18-35)8-10-23)39(29(42)37-22-16-25-11-12-26(17-22)41(25,2)3)30(43)38(19)24-6-4-5-21(15-24)31(32,33)34;7-10(8,9)6-4-2-1-3-5-6/h4-10,13-15,22,25-26H,11-12,16-17H2,1-3H3;1-5H,(H,7,8,9)/t22?,25-,26+;. The molecule has 3 atom stereocenters. The summed E-state index contributed by atoms with van der Waals surface area (Å²) < 4.78 is 76.2. The van der Waals surface area contributed by atoms with Crippen LogP contribution in [0.4, 0.5) is 18.0 Å². The Morgan fingerprint density at radius 2 is 1.60 bits per heavy atom. The zero-order valence-electron chi connectivity index (χ0n) is 29.0. The molecule has 1 N–H and O–H groups in total. The molecule has 3 aromatic carbocycles. The van der Waals surface area contributed by atoms with Gasteiger partial charge in [-0.2, -0.15) is 23.5 Å². The maximum absolute atomic E-state index is 14.0. The molecule has 2 saturated heterocycles. The van der Waals surface area contributed by atoms with Crippen LogP contribution in [0.2, 0.25) is 0 Å². The third-order valence-electron chi connectivity index (χ3n) is 10.2. The minimum atomic E-state index is -4.61. The van der Waals surface area contributed by atoms with Crippen LogP contribution in [0.25, 0.3) is 22.8 Å². The van der Waals surface area contributed by atoms with Crippen LogP contribution in [0.15, 0.2) is 101 Å². The van der Waals surface area contributed by atoms with Gasteiger partial charge in [0.25, 0.3) is 0 Å². The number of nitrogens with zero attached hydrogens (tertiary/aromatic N) is 6. The van der Waals surface area contributed by atoms with Gasteiger partial charge in [0.15, 0.2) is 0 Å². The van der Waals surface area contributed by atoms with Crippen LogP contribution in [0.1, 0.15) is 42.5 Å². The number of imidazole rings is 1. The quantitative estimate of drug-likeness (QED) is 0.181. The number of hydrogen-bond donors (Lipinski definition) is 1. The average molecular weight is 748 g/mol. The molecular formula is C37H36F3N7O5S. The summed E-state index contributed by atoms with van der Waals surface area (Å²) in [6, 6.07) is 22.0. The van der Waals surface area contributed by atoms with Crippen LogP contribution in [-0.4, -0.2) is 74.6 Å². The summed E-state index contributed by atoms with van der Waals surface area (Å²) in [4.78, 5) is 27.8. The lowest BCUT2D eigenvalue weighted by atomic mass is 9.96. The molecule has 53 heavy (non-hydrogen) atoms. The highest BCUT2D eigenvalue weighted by atomic mass is 32.2. The van der Waals surface area contributed by atoms with Gasteiger partial charge in [-0.3, -0.25) is 4.57 Å². The van der Waals surface area contributed by atoms with Crippen LogP contribution >= 0.6 is 0 Å². The van der Waals surface area contributed by atoms with Gasteiger partial charge in [-0.25, -0.2) is 27.3 Å². The summed E-state index contributed by atoms with van der Waals surface area (Å²) in [5.41, 5.74) is 0.194. The number of nitriles is 1. The Hall–Kier alpha value is -5.50. The van der Waals surface area contributed by atoms with Crippen LogP contribution < -0.4 is 11.0 Å². The first-order chi connectivity index (χ1) is 25.0. The first kappa shape index (κ1) is 37.3. The second-order valence-corrected chi connectivity index (χ2v) is 15.0. The number of aromatic nitrogens is 4. The summed E-state index contributed by atoms with van der Waals surface area (Å²) in [6.07, 6.45) is 0.594. The molecule has 2 aliphatic rings. The SMILES string of the molecule is Cc1c(-c2ccnn2-c2ccc(C#N)cc2)n(C(=O)NC2C[C@H]3CC[C@@H](C2)[N+]3(C)C)c(=O)n1-c1cccc(C(F)(F)F)c1.O=S(=O)([O-])c1ccccc1. The number of rotatable bonds is 5. The van der Waals surface area contributed by atoms with Gasteiger partial charge in [-0.1, -0.05) is 24.3 Å². The van der Waals surface area contributed by atoms with Crippen LogP contribution in [-0.2, 0) is 16.3 Å². The van der Waals surface area contributed by atoms with Crippen molar-refractivity contribution in [2.24, 2.45) is 0 Å². The minimum Gasteiger partial charge on any atom is -0.744 e. The Morgan fingerprint density at radius 3 is 2.17 bits per heavy atom. The fraction of sp³-hybridized carbons (Fsp3) is 0.297. The van der Waals surface area contributed by atoms with E-state index in [9.17, 15) is 41.0 Å². The number of alkyl halides is 3. The molecule has 4 heterocycles. The van der Waals surface area contributed by atoms with E-state index in [1.165, 1.54) is 47.3 Å². The molecule has 2 fully saturated rings. The number of piperidine rings is 1. The maximum atomic E-state index is 14.0. The van der Waals surface area contributed by atoms with Gasteiger partial charge in [-0.05, 0) is 67.6 Å². The number of halogens is 3. The Balaban J connectivity index is 0.000000417. The Labute approximate surface area is 303 Å². The molecule has 12 nitrogen and oxygen atoms in total. The van der Waals surface area contributed by atoms with E-state index in [4.69, 9.17) is 0 Å². The van der Waals surface area contributed by atoms with Crippen molar-refractivity contribution in [3.05, 3.63) is 118 Å². The van der Waals surface area contributed by atoms with Gasteiger partial charge < -0.3 is 14.4 Å². The normalized spacial score (nSPS) is 19.2. The van der Waals surface area contributed by atoms with E-state index < -0.39 is 33.6 Å². The second-order valence-electron chi connectivity index (χ2n) is 13.6. The van der Waals surface area contributed by atoms with E-state index in [1.54, 1.807) is 43.3 Å². The zero-order valence-corrected chi connectivity index (χ0v) is 29.8. The second kappa shape index (κ2) is 14.1. The highest BCUT2D eigenvalue weighted by Crippen LogP contribution is 2.40. The summed E-state index contributed by atoms with van der Waals surface area (Å²) in [6.45, 7) is 1.59. The lowest BCUT2D eigenvalue weighted by Gasteiger charge is -2.44. The number of benzene rings is 3. The number of amides is 1. The van der Waals surface area contributed by atoms with E-state index >= 15 is 0 Å². The van der Waals surface area contributed by atoms with Crippen molar-refractivity contribution in [3.8, 4) is 28.8 Å². The molecule has 1 unspecified atom stereocenters. The molecule has 0 aliphatic carbocycles. The highest BCUT2D eigenvalue weighted by molar-refractivity contribution is 7.85. The molecule has 7 rings (SSSR count).